The molecule has 0 saturated heterocycles. The Morgan fingerprint density at radius 2 is 1.62 bits per heavy atom. The molecule has 1 aromatic heterocycles. The van der Waals surface area contributed by atoms with E-state index in [0.717, 1.165) is 22.3 Å². The minimum absolute atomic E-state index is 0.0391. The molecule has 0 bridgehead atoms. The number of aliphatic imine (C=N–C) groups is 1. The number of hydrogen-bond acceptors (Lipinski definition) is 4. The van der Waals surface area contributed by atoms with Crippen molar-refractivity contribution in [3.8, 4) is 28.5 Å². The second kappa shape index (κ2) is 8.35. The fourth-order valence-electron chi connectivity index (χ4n) is 4.80. The number of likely N-dealkylation sites (N-methyl/N-ethyl adjacent to an activating group) is 1. The first-order chi connectivity index (χ1) is 16.4. The van der Waals surface area contributed by atoms with E-state index in [0.29, 0.717) is 23.2 Å². The highest BCUT2D eigenvalue weighted by atomic mass is 16.4. The molecule has 5 rings (SSSR count). The second-order valence-corrected chi connectivity index (χ2v) is 9.37. The molecule has 4 heteroatoms. The number of fused-ring (bicyclic) bond motifs is 1. The molecule has 1 atom stereocenters. The molecule has 0 N–H and O–H groups in total. The van der Waals surface area contributed by atoms with Gasteiger partial charge in [0.05, 0.1) is 0 Å². The van der Waals surface area contributed by atoms with E-state index >= 15 is 0 Å². The average Bonchev–Trinajstić information content (AvgIpc) is 3.33. The van der Waals surface area contributed by atoms with Gasteiger partial charge < -0.3 is 9.32 Å². The van der Waals surface area contributed by atoms with E-state index in [1.54, 1.807) is 6.21 Å². The van der Waals surface area contributed by atoms with E-state index in [2.05, 4.69) is 62.0 Å². The lowest BCUT2D eigenvalue weighted by Gasteiger charge is -2.28. The normalized spacial score (nSPS) is 16.6. The van der Waals surface area contributed by atoms with Crippen molar-refractivity contribution in [3.05, 3.63) is 95.6 Å². The predicted octanol–water partition coefficient (Wildman–Crippen LogP) is 7.35. The first kappa shape index (κ1) is 21.7. The van der Waals surface area contributed by atoms with Gasteiger partial charge in [0.2, 0.25) is 5.88 Å². The molecule has 1 aliphatic heterocycles. The summed E-state index contributed by atoms with van der Waals surface area (Å²) >= 11 is 0. The Labute approximate surface area is 200 Å². The van der Waals surface area contributed by atoms with Crippen LogP contribution in [0, 0.1) is 11.3 Å². The summed E-state index contributed by atoms with van der Waals surface area (Å²) in [5.41, 5.74) is 6.64. The van der Waals surface area contributed by atoms with Gasteiger partial charge in [0.15, 0.2) is 0 Å². The second-order valence-electron chi connectivity index (χ2n) is 9.37. The zero-order chi connectivity index (χ0) is 23.9. The van der Waals surface area contributed by atoms with Crippen LogP contribution < -0.4 is 4.90 Å². The van der Waals surface area contributed by atoms with Gasteiger partial charge in [-0.2, -0.15) is 5.26 Å². The van der Waals surface area contributed by atoms with Gasteiger partial charge in [-0.15, -0.1) is 0 Å². The van der Waals surface area contributed by atoms with Gasteiger partial charge in [-0.25, -0.2) is 4.99 Å². The molecule has 4 aromatic rings. The number of furan rings is 1. The third kappa shape index (κ3) is 3.50. The summed E-state index contributed by atoms with van der Waals surface area (Å²) in [5.74, 6) is 0.978. The molecule has 0 aliphatic carbocycles. The molecular formula is C30H27N3O. The van der Waals surface area contributed by atoms with Crippen LogP contribution in [0.1, 0.15) is 37.5 Å². The van der Waals surface area contributed by atoms with Crippen molar-refractivity contribution in [2.75, 3.05) is 11.9 Å². The Morgan fingerprint density at radius 3 is 2.26 bits per heavy atom. The van der Waals surface area contributed by atoms with Crippen molar-refractivity contribution in [2.24, 2.45) is 4.99 Å². The first-order valence-corrected chi connectivity index (χ1v) is 11.5. The third-order valence-electron chi connectivity index (χ3n) is 7.15. The average molecular weight is 446 g/mol. The number of hydrogen-bond donors (Lipinski definition) is 0. The molecule has 2 heterocycles. The molecule has 3 aromatic carbocycles. The fourth-order valence-corrected chi connectivity index (χ4v) is 4.80. The van der Waals surface area contributed by atoms with Gasteiger partial charge in [0, 0.05) is 41.5 Å². The molecule has 0 spiro atoms. The van der Waals surface area contributed by atoms with Crippen LogP contribution in [0.2, 0.25) is 0 Å². The van der Waals surface area contributed by atoms with E-state index in [4.69, 9.17) is 4.42 Å². The van der Waals surface area contributed by atoms with Gasteiger partial charge in [-0.1, -0.05) is 80.6 Å². The van der Waals surface area contributed by atoms with E-state index < -0.39 is 0 Å². The van der Waals surface area contributed by atoms with Crippen LogP contribution >= 0.6 is 0 Å². The van der Waals surface area contributed by atoms with Crippen LogP contribution in [-0.4, -0.2) is 19.3 Å². The Kier molecular flexibility index (Phi) is 5.34. The van der Waals surface area contributed by atoms with Gasteiger partial charge in [-0.3, -0.25) is 0 Å². The van der Waals surface area contributed by atoms with Crippen LogP contribution in [0.25, 0.3) is 22.5 Å². The van der Waals surface area contributed by atoms with Crippen LogP contribution in [0.3, 0.4) is 0 Å². The summed E-state index contributed by atoms with van der Waals surface area (Å²) < 4.78 is 6.24. The zero-order valence-corrected chi connectivity index (χ0v) is 19.9. The van der Waals surface area contributed by atoms with E-state index in [1.165, 1.54) is 11.3 Å². The van der Waals surface area contributed by atoms with Gasteiger partial charge >= 0.3 is 0 Å². The van der Waals surface area contributed by atoms with Crippen LogP contribution in [-0.2, 0) is 5.41 Å². The monoisotopic (exact) mass is 445 g/mol. The molecule has 34 heavy (non-hydrogen) atoms. The largest absolute Gasteiger partial charge is 0.436 e. The van der Waals surface area contributed by atoms with Crippen molar-refractivity contribution in [2.45, 2.75) is 32.2 Å². The standard InChI is InChI=1S/C30H27N3O/c1-20-30(2,3)25-17-21(15-16-26(25)33(20)4)19-32-29-24(18-31)27(22-11-7-5-8-12-22)28(34-29)23-13-9-6-10-14-23/h5-17,19-20H,1-4H3. The molecule has 1 unspecified atom stereocenters. The smallest absolute Gasteiger partial charge is 0.238 e. The minimum atomic E-state index is 0.0391. The SMILES string of the molecule is CC1N(C)c2ccc(C=Nc3oc(-c4ccccc4)c(-c4ccccc4)c3C#N)cc2C1(C)C. The first-order valence-electron chi connectivity index (χ1n) is 11.5. The van der Waals surface area contributed by atoms with Crippen molar-refractivity contribution in [3.63, 3.8) is 0 Å². The van der Waals surface area contributed by atoms with Crippen LogP contribution in [0.5, 0.6) is 0 Å². The highest BCUT2D eigenvalue weighted by Crippen LogP contribution is 2.45. The maximum Gasteiger partial charge on any atom is 0.238 e. The Morgan fingerprint density at radius 1 is 0.971 bits per heavy atom. The maximum atomic E-state index is 10.1. The van der Waals surface area contributed by atoms with Crippen molar-refractivity contribution in [1.82, 2.24) is 0 Å². The summed E-state index contributed by atoms with van der Waals surface area (Å²) in [5, 5.41) is 10.1. The molecule has 168 valence electrons. The molecule has 0 fully saturated rings. The Hall–Kier alpha value is -4.10. The molecule has 0 saturated carbocycles. The summed E-state index contributed by atoms with van der Waals surface area (Å²) in [4.78, 5) is 6.99. The van der Waals surface area contributed by atoms with E-state index in [-0.39, 0.29) is 5.41 Å². The summed E-state index contributed by atoms with van der Waals surface area (Å²) in [6.07, 6.45) is 1.79. The summed E-state index contributed by atoms with van der Waals surface area (Å²) in [7, 11) is 2.14. The Bertz CT molecular complexity index is 1410. The summed E-state index contributed by atoms with van der Waals surface area (Å²) in [6, 6.07) is 28.9. The number of nitriles is 1. The highest BCUT2D eigenvalue weighted by molar-refractivity contribution is 5.90. The molecule has 0 radical (unpaired) electrons. The van der Waals surface area contributed by atoms with Gasteiger partial charge in [-0.05, 0) is 35.7 Å². The third-order valence-corrected chi connectivity index (χ3v) is 7.15. The van der Waals surface area contributed by atoms with Crippen LogP contribution in [0.15, 0.2) is 88.3 Å². The lowest BCUT2D eigenvalue weighted by Crippen LogP contribution is -2.36. The topological polar surface area (TPSA) is 52.5 Å². The Balaban J connectivity index is 1.61. The highest BCUT2D eigenvalue weighted by Gasteiger charge is 2.40. The number of benzene rings is 3. The number of anilines is 1. The van der Waals surface area contributed by atoms with Crippen molar-refractivity contribution >= 4 is 17.8 Å². The maximum absolute atomic E-state index is 10.1. The van der Waals surface area contributed by atoms with E-state index in [1.807, 2.05) is 60.7 Å². The van der Waals surface area contributed by atoms with Crippen LogP contribution in [0.4, 0.5) is 11.6 Å². The fraction of sp³-hybridized carbons (Fsp3) is 0.200. The van der Waals surface area contributed by atoms with E-state index in [9.17, 15) is 5.26 Å². The van der Waals surface area contributed by atoms with Gasteiger partial charge in [0.1, 0.15) is 17.4 Å². The number of rotatable bonds is 4. The lowest BCUT2D eigenvalue weighted by atomic mass is 9.81. The van der Waals surface area contributed by atoms with Gasteiger partial charge in [0.25, 0.3) is 0 Å². The predicted molar refractivity (Wildman–Crippen MR) is 139 cm³/mol. The lowest BCUT2D eigenvalue weighted by molar-refractivity contribution is 0.454. The number of nitrogens with zero attached hydrogens (tertiary/aromatic N) is 3. The zero-order valence-electron chi connectivity index (χ0n) is 19.9. The minimum Gasteiger partial charge on any atom is -0.436 e. The molecular weight excluding hydrogens is 418 g/mol. The summed E-state index contributed by atoms with van der Waals surface area (Å²) in [6.45, 7) is 6.81. The van der Waals surface area contributed by atoms with Crippen molar-refractivity contribution in [1.29, 1.82) is 5.26 Å². The van der Waals surface area contributed by atoms with Crippen molar-refractivity contribution < 1.29 is 4.42 Å². The molecule has 1 aliphatic rings. The molecule has 4 nitrogen and oxygen atoms in total. The molecule has 0 amide bonds. The quantitative estimate of drug-likeness (QED) is 0.309.